The highest BCUT2D eigenvalue weighted by atomic mass is 19.3. The lowest BCUT2D eigenvalue weighted by atomic mass is 9.84. The zero-order valence-corrected chi connectivity index (χ0v) is 67.9. The van der Waals surface area contributed by atoms with Crippen LogP contribution in [-0.2, 0) is 38.0 Å². The van der Waals surface area contributed by atoms with Gasteiger partial charge in [-0.3, -0.25) is 9.97 Å². The maximum absolute atomic E-state index is 14.1. The Morgan fingerprint density at radius 2 is 0.958 bits per heavy atom. The van der Waals surface area contributed by atoms with Gasteiger partial charge < -0.3 is 57.6 Å². The van der Waals surface area contributed by atoms with Crippen LogP contribution in [0.1, 0.15) is 209 Å². The monoisotopic (exact) mass is 1630 g/mol. The Morgan fingerprint density at radius 3 is 1.49 bits per heavy atom. The quantitative estimate of drug-likeness (QED) is 0.0187. The molecule has 6 aliphatic carbocycles. The number of hydrogen-bond donors (Lipinski definition) is 11. The third-order valence-electron chi connectivity index (χ3n) is 22.8. The number of halogens is 4. The van der Waals surface area contributed by atoms with Crippen molar-refractivity contribution in [3.8, 4) is 42.9 Å². The fraction of sp³-hybridized carbons (Fsp3) is 0.424. The molecule has 28 heteroatoms. The molecule has 622 valence electrons. The fourth-order valence-corrected chi connectivity index (χ4v) is 16.2. The van der Waals surface area contributed by atoms with Crippen molar-refractivity contribution in [3.05, 3.63) is 205 Å². The molecule has 0 saturated heterocycles. The van der Waals surface area contributed by atoms with E-state index in [2.05, 4.69) is 137 Å². The van der Waals surface area contributed by atoms with E-state index in [4.69, 9.17) is 17.8 Å². The van der Waals surface area contributed by atoms with Gasteiger partial charge in [0.25, 0.3) is 5.92 Å². The highest BCUT2D eigenvalue weighted by molar-refractivity contribution is 5.79. The fourth-order valence-electron chi connectivity index (χ4n) is 16.2. The molecule has 0 bridgehead atoms. The number of aliphatic hydroxyl groups excluding tert-OH is 4. The number of pyridine rings is 2. The van der Waals surface area contributed by atoms with Crippen molar-refractivity contribution in [2.75, 3.05) is 63.4 Å². The van der Waals surface area contributed by atoms with E-state index in [1.165, 1.54) is 52.9 Å². The number of hydrogen-bond acceptors (Lipinski definition) is 24. The Hall–Kier alpha value is -12.2. The molecule has 0 atom stereocenters. The van der Waals surface area contributed by atoms with E-state index < -0.39 is 17.6 Å². The number of nitrogens with one attached hydrogen (secondary N) is 7. The molecule has 24 nitrogen and oxygen atoms in total. The average molecular weight is 1630 g/mol. The number of benzene rings is 3. The summed E-state index contributed by atoms with van der Waals surface area (Å²) in [6.45, 7) is 7.17. The van der Waals surface area contributed by atoms with Crippen molar-refractivity contribution in [3.63, 3.8) is 0 Å². The molecule has 0 amide bonds. The summed E-state index contributed by atoms with van der Waals surface area (Å²) in [7, 11) is 0. The van der Waals surface area contributed by atoms with Gasteiger partial charge in [-0.1, -0.05) is 53.3 Å². The smallest absolute Gasteiger partial charge is 0.272 e. The number of nitrogens with zero attached hydrogens (tertiary/aromatic N) is 13. The van der Waals surface area contributed by atoms with Crippen molar-refractivity contribution in [1.82, 2.24) is 49.8 Å². The van der Waals surface area contributed by atoms with E-state index in [0.717, 1.165) is 162 Å². The van der Waals surface area contributed by atoms with Gasteiger partial charge in [0.2, 0.25) is 23.8 Å². The molecule has 0 unspecified atom stereocenters. The summed E-state index contributed by atoms with van der Waals surface area (Å²) < 4.78 is 55.2. The SMILES string of the molecule is C#Cc1cnc(NCCC2=C(C)Cc3c(F)cc(F)cc32)nc1NC1CCC(O)CC1.C#Cc1cnc(NCCC2=C(C)Cc3ccc(C#N)cc32)nc1NC1CCC(O)CC1.CC(F)(F)c1cccnc1CCNc1ncc(C#N)c(NC2CCC(O)CC2)n1.N#Cc1cnc(NCCc2ccc3ccccc3n2)nc1CC1CCC(O)CC1. The largest absolute Gasteiger partial charge is 0.393 e. The first-order valence-electron chi connectivity index (χ1n) is 41.3. The number of para-hydroxylation sites is 1. The summed E-state index contributed by atoms with van der Waals surface area (Å²) in [5.74, 6) is 5.27. The van der Waals surface area contributed by atoms with E-state index in [0.29, 0.717) is 144 Å². The van der Waals surface area contributed by atoms with Gasteiger partial charge in [0.1, 0.15) is 46.8 Å². The number of alkyl halides is 2. The predicted octanol–water partition coefficient (Wildman–Crippen LogP) is 15.0. The van der Waals surface area contributed by atoms with E-state index >= 15 is 0 Å². The molecule has 4 saturated carbocycles. The molecule has 4 fully saturated rings. The summed E-state index contributed by atoms with van der Waals surface area (Å²) >= 11 is 0. The highest BCUT2D eigenvalue weighted by Gasteiger charge is 2.30. The number of terminal acetylenes is 2. The van der Waals surface area contributed by atoms with Gasteiger partial charge in [0.15, 0.2) is 0 Å². The van der Waals surface area contributed by atoms with Crippen molar-refractivity contribution in [2.45, 2.75) is 217 Å². The number of allylic oxidation sites excluding steroid dienone is 2. The van der Waals surface area contributed by atoms with Gasteiger partial charge in [-0.2, -0.15) is 30.7 Å². The molecule has 3 aromatic carbocycles. The van der Waals surface area contributed by atoms with Crippen LogP contribution >= 0.6 is 0 Å². The lowest BCUT2D eigenvalue weighted by Crippen LogP contribution is -2.29. The van der Waals surface area contributed by atoms with E-state index in [-0.39, 0.29) is 54.5 Å². The molecule has 120 heavy (non-hydrogen) atoms. The van der Waals surface area contributed by atoms with Crippen LogP contribution in [0.3, 0.4) is 0 Å². The Kier molecular flexibility index (Phi) is 30.4. The summed E-state index contributed by atoms with van der Waals surface area (Å²) in [5.41, 5.74) is 14.2. The summed E-state index contributed by atoms with van der Waals surface area (Å²) in [5, 5.41) is 90.7. The Morgan fingerprint density at radius 1 is 0.475 bits per heavy atom. The third-order valence-corrected chi connectivity index (χ3v) is 22.8. The average Bonchev–Trinajstić information content (AvgIpc) is 1.66. The first kappa shape index (κ1) is 87.1. The van der Waals surface area contributed by atoms with Gasteiger partial charge in [-0.15, -0.1) is 12.8 Å². The van der Waals surface area contributed by atoms with E-state index in [1.807, 2.05) is 43.3 Å². The maximum atomic E-state index is 14.1. The molecule has 6 heterocycles. The highest BCUT2D eigenvalue weighted by Crippen LogP contribution is 2.39. The minimum atomic E-state index is -2.96. The summed E-state index contributed by atoms with van der Waals surface area (Å²) in [6, 6.07) is 30.5. The molecule has 0 spiro atoms. The Labute approximate surface area is 697 Å². The first-order valence-corrected chi connectivity index (χ1v) is 41.3. The van der Waals surface area contributed by atoms with Crippen molar-refractivity contribution >= 4 is 63.3 Å². The van der Waals surface area contributed by atoms with Crippen LogP contribution in [0, 0.1) is 76.2 Å². The van der Waals surface area contributed by atoms with Gasteiger partial charge in [-0.25, -0.2) is 42.5 Å². The molecule has 9 aromatic rings. The lowest BCUT2D eigenvalue weighted by molar-refractivity contribution is 0.0161. The maximum Gasteiger partial charge on any atom is 0.272 e. The van der Waals surface area contributed by atoms with Crippen molar-refractivity contribution in [1.29, 1.82) is 15.8 Å². The van der Waals surface area contributed by atoms with Crippen LogP contribution in [0.15, 0.2) is 121 Å². The Balaban J connectivity index is 0.000000147. The van der Waals surface area contributed by atoms with Crippen molar-refractivity contribution < 1.29 is 38.0 Å². The number of rotatable bonds is 25. The van der Waals surface area contributed by atoms with Crippen LogP contribution < -0.4 is 37.2 Å². The molecule has 6 aromatic heterocycles. The minimum Gasteiger partial charge on any atom is -0.393 e. The number of fused-ring (bicyclic) bond motifs is 3. The summed E-state index contributed by atoms with van der Waals surface area (Å²) in [4.78, 5) is 44.0. The van der Waals surface area contributed by atoms with Crippen LogP contribution in [0.25, 0.3) is 22.0 Å². The normalized spacial score (nSPS) is 19.7. The van der Waals surface area contributed by atoms with Gasteiger partial charge in [-0.05, 0) is 230 Å². The topological polar surface area (TPSA) is 365 Å². The molecule has 11 N–H and O–H groups in total. The molecular formula is C92H102F4N20O4. The number of nitriles is 3. The summed E-state index contributed by atoms with van der Waals surface area (Å²) in [6.07, 6.45) is 36.1. The first-order chi connectivity index (χ1) is 58.1. The molecule has 0 radical (unpaired) electrons. The number of anilines is 7. The van der Waals surface area contributed by atoms with Gasteiger partial charge >= 0.3 is 0 Å². The number of aliphatic hydroxyl groups is 4. The molecular weight excluding hydrogens is 1530 g/mol. The van der Waals surface area contributed by atoms with Crippen molar-refractivity contribution in [2.24, 2.45) is 5.92 Å². The zero-order chi connectivity index (χ0) is 84.7. The number of aromatic nitrogens is 10. The predicted molar refractivity (Wildman–Crippen MR) is 457 cm³/mol. The second-order valence-electron chi connectivity index (χ2n) is 31.6. The molecule has 6 aliphatic rings. The van der Waals surface area contributed by atoms with Gasteiger partial charge in [0.05, 0.1) is 94.4 Å². The standard InChI is InChI=1S/C25H27N5O.C24H26F2N4O.C23H25N5O.C20H24F2N6O/c1-3-18-15-28-25(30-24(18)29-20-6-8-21(31)9-7-20)27-11-10-22-16(2)12-19-5-4-17(14-26)13-23(19)22;1-3-15-13-28-24(30-23(15)29-17-4-6-18(31)7-5-17)27-9-8-19-14(2)10-21-20(19)11-16(25)12-22(21)26;24-14-18-15-26-23(28-22(18)13-16-5-9-20(29)10-6-16)25-12-11-19-8-7-17-3-1-2-4-21(17)27-19;1-20(21,22)16-3-2-9-24-17(16)8-10-25-19-26-12-13(11-23)18(28-19)27-14-4-6-15(29)7-5-14/h1,4-5,13,15,20-21,31H,6-12H2,2H3,(H2,27,28,29,30);1,11-13,17-18,31H,4-10H2,2H3,(H2,27,28,29,30);1-4,7-8,15-16,20,29H,5-6,9-13H2,(H,25,26,28);2-3,9,12,14-15,29H,4-8,10H2,1H3,(H2,25,26,27,28). The van der Waals surface area contributed by atoms with E-state index in [9.17, 15) is 53.8 Å². The van der Waals surface area contributed by atoms with Gasteiger partial charge in [0, 0.05) is 93.0 Å². The van der Waals surface area contributed by atoms with Crippen LogP contribution in [0.2, 0.25) is 0 Å². The lowest BCUT2D eigenvalue weighted by Gasteiger charge is -2.27. The minimum absolute atomic E-state index is 0.0932. The van der Waals surface area contributed by atoms with Crippen LogP contribution in [0.5, 0.6) is 0 Å². The third kappa shape index (κ3) is 24.0. The van der Waals surface area contributed by atoms with Crippen LogP contribution in [-0.4, -0.2) is 139 Å². The molecule has 0 aliphatic heterocycles. The second kappa shape index (κ2) is 41.9. The second-order valence-corrected chi connectivity index (χ2v) is 31.6. The van der Waals surface area contributed by atoms with Crippen LogP contribution in [0.4, 0.5) is 58.8 Å². The zero-order valence-electron chi connectivity index (χ0n) is 67.9. The molecule has 15 rings (SSSR count). The van der Waals surface area contributed by atoms with E-state index in [1.54, 1.807) is 18.6 Å². The Bertz CT molecular complexity index is 5340.